The third kappa shape index (κ3) is 5.43. The fourth-order valence-electron chi connectivity index (χ4n) is 3.55. The SMILES string of the molecule is C=CN(C)C1=C(C(=C)N(C)CCCC)N(Cc2ccccc2)C(Oc2ccccc2)N1. The van der Waals surface area contributed by atoms with Crippen LogP contribution in [0, 0.1) is 0 Å². The summed E-state index contributed by atoms with van der Waals surface area (Å²) in [5, 5.41) is 3.55. The molecule has 1 aliphatic heterocycles. The first-order valence-electron chi connectivity index (χ1n) is 10.8. The van der Waals surface area contributed by atoms with Crippen LogP contribution in [0.3, 0.4) is 0 Å². The van der Waals surface area contributed by atoms with Gasteiger partial charge in [0.15, 0.2) is 0 Å². The number of hydrogen-bond acceptors (Lipinski definition) is 5. The summed E-state index contributed by atoms with van der Waals surface area (Å²) in [5.74, 6) is 1.74. The molecule has 1 atom stereocenters. The highest BCUT2D eigenvalue weighted by Gasteiger charge is 2.36. The van der Waals surface area contributed by atoms with E-state index in [0.717, 1.165) is 42.4 Å². The molecule has 0 amide bonds. The van der Waals surface area contributed by atoms with Gasteiger partial charge in [-0.1, -0.05) is 75.0 Å². The topological polar surface area (TPSA) is 31.0 Å². The minimum atomic E-state index is -0.369. The summed E-state index contributed by atoms with van der Waals surface area (Å²) in [6.45, 7) is 12.3. The maximum Gasteiger partial charge on any atom is 0.252 e. The van der Waals surface area contributed by atoms with Crippen LogP contribution in [0.4, 0.5) is 0 Å². The summed E-state index contributed by atoms with van der Waals surface area (Å²) in [5.41, 5.74) is 3.18. The van der Waals surface area contributed by atoms with E-state index < -0.39 is 0 Å². The Morgan fingerprint density at radius 1 is 1.10 bits per heavy atom. The van der Waals surface area contributed by atoms with Crippen molar-refractivity contribution in [3.63, 3.8) is 0 Å². The van der Waals surface area contributed by atoms with Crippen LogP contribution in [-0.4, -0.2) is 41.7 Å². The minimum Gasteiger partial charge on any atom is -0.452 e. The minimum absolute atomic E-state index is 0.369. The molecule has 1 heterocycles. The predicted molar refractivity (Wildman–Crippen MR) is 128 cm³/mol. The van der Waals surface area contributed by atoms with Gasteiger partial charge in [-0.15, -0.1) is 0 Å². The van der Waals surface area contributed by atoms with Crippen molar-refractivity contribution in [3.05, 3.63) is 103 Å². The van der Waals surface area contributed by atoms with Crippen molar-refractivity contribution in [3.8, 4) is 5.75 Å². The van der Waals surface area contributed by atoms with Gasteiger partial charge in [0.25, 0.3) is 6.35 Å². The maximum atomic E-state index is 6.38. The molecule has 0 aliphatic carbocycles. The monoisotopic (exact) mass is 418 g/mol. The molecule has 0 saturated heterocycles. The fraction of sp³-hybridized carbons (Fsp3) is 0.308. The van der Waals surface area contributed by atoms with Crippen molar-refractivity contribution in [2.75, 3.05) is 20.6 Å². The Balaban J connectivity index is 1.98. The van der Waals surface area contributed by atoms with E-state index >= 15 is 0 Å². The molecule has 2 aromatic rings. The highest BCUT2D eigenvalue weighted by Crippen LogP contribution is 2.32. The molecule has 0 fully saturated rings. The Hall–Kier alpha value is -3.34. The second kappa shape index (κ2) is 10.6. The largest absolute Gasteiger partial charge is 0.452 e. The summed E-state index contributed by atoms with van der Waals surface area (Å²) in [6, 6.07) is 20.3. The third-order valence-electron chi connectivity index (χ3n) is 5.45. The van der Waals surface area contributed by atoms with Crippen molar-refractivity contribution in [1.29, 1.82) is 0 Å². The molecule has 0 saturated carbocycles. The second-order valence-electron chi connectivity index (χ2n) is 7.75. The van der Waals surface area contributed by atoms with Gasteiger partial charge in [-0.25, -0.2) is 0 Å². The van der Waals surface area contributed by atoms with Gasteiger partial charge in [-0.05, 0) is 30.3 Å². The Morgan fingerprint density at radius 3 is 2.35 bits per heavy atom. The lowest BCUT2D eigenvalue weighted by Gasteiger charge is -2.32. The van der Waals surface area contributed by atoms with Crippen molar-refractivity contribution in [2.45, 2.75) is 32.7 Å². The van der Waals surface area contributed by atoms with E-state index in [-0.39, 0.29) is 6.35 Å². The molecule has 2 aromatic carbocycles. The van der Waals surface area contributed by atoms with Gasteiger partial charge in [0.1, 0.15) is 17.3 Å². The molecule has 5 nitrogen and oxygen atoms in total. The van der Waals surface area contributed by atoms with Crippen LogP contribution in [0.5, 0.6) is 5.75 Å². The van der Waals surface area contributed by atoms with E-state index in [1.807, 2.05) is 48.3 Å². The molecule has 164 valence electrons. The van der Waals surface area contributed by atoms with Crippen molar-refractivity contribution in [1.82, 2.24) is 20.0 Å². The van der Waals surface area contributed by atoms with Crippen LogP contribution >= 0.6 is 0 Å². The molecule has 1 unspecified atom stereocenters. The van der Waals surface area contributed by atoms with Crippen LogP contribution in [0.1, 0.15) is 25.3 Å². The van der Waals surface area contributed by atoms with Crippen molar-refractivity contribution in [2.24, 2.45) is 0 Å². The molecule has 0 bridgehead atoms. The van der Waals surface area contributed by atoms with Gasteiger partial charge in [0, 0.05) is 27.2 Å². The lowest BCUT2D eigenvalue weighted by molar-refractivity contribution is 0.0433. The fourth-order valence-corrected chi connectivity index (χ4v) is 3.55. The summed E-state index contributed by atoms with van der Waals surface area (Å²) >= 11 is 0. The summed E-state index contributed by atoms with van der Waals surface area (Å²) in [6.07, 6.45) is 3.69. The van der Waals surface area contributed by atoms with Crippen LogP contribution in [0.2, 0.25) is 0 Å². The number of rotatable bonds is 11. The van der Waals surface area contributed by atoms with E-state index in [9.17, 15) is 0 Å². The normalized spacial score (nSPS) is 15.5. The molecular weight excluding hydrogens is 384 g/mol. The van der Waals surface area contributed by atoms with Gasteiger partial charge in [-0.3, -0.25) is 0 Å². The first kappa shape index (κ1) is 22.3. The Morgan fingerprint density at radius 2 is 1.74 bits per heavy atom. The third-order valence-corrected chi connectivity index (χ3v) is 5.45. The number of unbranched alkanes of at least 4 members (excludes halogenated alkanes) is 1. The van der Waals surface area contributed by atoms with Gasteiger partial charge in [0.05, 0.1) is 5.70 Å². The van der Waals surface area contributed by atoms with Crippen LogP contribution < -0.4 is 10.1 Å². The highest BCUT2D eigenvalue weighted by atomic mass is 16.5. The Labute approximate surface area is 186 Å². The Kier molecular flexibility index (Phi) is 7.65. The molecule has 1 N–H and O–H groups in total. The second-order valence-corrected chi connectivity index (χ2v) is 7.75. The maximum absolute atomic E-state index is 6.38. The molecule has 1 aliphatic rings. The van der Waals surface area contributed by atoms with Crippen LogP contribution in [0.15, 0.2) is 97.2 Å². The zero-order valence-corrected chi connectivity index (χ0v) is 18.9. The molecule has 0 aromatic heterocycles. The van der Waals surface area contributed by atoms with E-state index in [0.29, 0.717) is 6.54 Å². The Bertz CT molecular complexity index is 894. The average Bonchev–Trinajstić information content (AvgIpc) is 3.15. The zero-order chi connectivity index (χ0) is 22.2. The number of nitrogens with zero attached hydrogens (tertiary/aromatic N) is 3. The standard InChI is InChI=1S/C26H34N4O/c1-6-8-19-29(5)21(3)24-25(28(4)7-2)27-26(31-23-17-13-10-14-18-23)30(24)20-22-15-11-9-12-16-22/h7,9-18,26-27H,2-3,6,8,19-20H2,1,4-5H3. The molecule has 3 rings (SSSR count). The number of benzene rings is 2. The molecule has 0 spiro atoms. The lowest BCUT2D eigenvalue weighted by atomic mass is 10.2. The molecule has 31 heavy (non-hydrogen) atoms. The van der Waals surface area contributed by atoms with E-state index in [2.05, 4.69) is 66.5 Å². The van der Waals surface area contributed by atoms with Gasteiger partial charge < -0.3 is 24.8 Å². The average molecular weight is 419 g/mol. The number of hydrogen-bond donors (Lipinski definition) is 1. The van der Waals surface area contributed by atoms with E-state index in [4.69, 9.17) is 4.74 Å². The smallest absolute Gasteiger partial charge is 0.252 e. The van der Waals surface area contributed by atoms with E-state index in [1.54, 1.807) is 6.20 Å². The number of nitrogens with one attached hydrogen (secondary N) is 1. The predicted octanol–water partition coefficient (Wildman–Crippen LogP) is 4.94. The quantitative estimate of drug-likeness (QED) is 0.558. The molecule has 5 heteroatoms. The van der Waals surface area contributed by atoms with Gasteiger partial charge in [0.2, 0.25) is 0 Å². The van der Waals surface area contributed by atoms with Gasteiger partial charge >= 0.3 is 0 Å². The molecular formula is C26H34N4O. The lowest BCUT2D eigenvalue weighted by Crippen LogP contribution is -2.43. The number of likely N-dealkylation sites (N-methyl/N-ethyl adjacent to an activating group) is 1. The van der Waals surface area contributed by atoms with Crippen molar-refractivity contribution < 1.29 is 4.74 Å². The van der Waals surface area contributed by atoms with Crippen LogP contribution in [0.25, 0.3) is 0 Å². The zero-order valence-electron chi connectivity index (χ0n) is 18.9. The van der Waals surface area contributed by atoms with Gasteiger partial charge in [-0.2, -0.15) is 0 Å². The number of ether oxygens (including phenoxy) is 1. The van der Waals surface area contributed by atoms with Crippen LogP contribution in [-0.2, 0) is 6.54 Å². The molecule has 0 radical (unpaired) electrons. The summed E-state index contributed by atoms with van der Waals surface area (Å²) in [4.78, 5) is 6.45. The summed E-state index contributed by atoms with van der Waals surface area (Å²) in [7, 11) is 4.09. The number of para-hydroxylation sites is 1. The first-order valence-corrected chi connectivity index (χ1v) is 10.8. The first-order chi connectivity index (χ1) is 15.0. The van der Waals surface area contributed by atoms with Crippen molar-refractivity contribution >= 4 is 0 Å². The summed E-state index contributed by atoms with van der Waals surface area (Å²) < 4.78 is 6.38. The highest BCUT2D eigenvalue weighted by molar-refractivity contribution is 5.36. The van der Waals surface area contributed by atoms with E-state index in [1.165, 1.54) is 5.56 Å².